The first kappa shape index (κ1) is 16.5. The molecule has 1 aliphatic heterocycles. The molecule has 0 saturated carbocycles. The fourth-order valence-corrected chi connectivity index (χ4v) is 3.69. The molecule has 0 radical (unpaired) electrons. The molecule has 2 aromatic heterocycles. The van der Waals surface area contributed by atoms with Crippen molar-refractivity contribution in [2.45, 2.75) is 19.4 Å². The Labute approximate surface area is 144 Å². The number of methoxy groups -OCH3 is 1. The van der Waals surface area contributed by atoms with Crippen LogP contribution in [0, 0.1) is 5.92 Å². The van der Waals surface area contributed by atoms with Gasteiger partial charge in [0.1, 0.15) is 0 Å². The van der Waals surface area contributed by atoms with Crippen LogP contribution in [-0.4, -0.2) is 46.7 Å². The van der Waals surface area contributed by atoms with E-state index >= 15 is 0 Å². The van der Waals surface area contributed by atoms with Crippen LogP contribution in [0.5, 0.6) is 0 Å². The van der Waals surface area contributed by atoms with Crippen molar-refractivity contribution >= 4 is 29.0 Å². The number of ether oxygens (including phenoxy) is 1. The minimum Gasteiger partial charge on any atom is -0.465 e. The number of imidazole rings is 1. The van der Waals surface area contributed by atoms with Gasteiger partial charge in [-0.25, -0.2) is 14.6 Å². The number of esters is 1. The van der Waals surface area contributed by atoms with E-state index in [1.165, 1.54) is 18.4 Å². The molecule has 0 aromatic carbocycles. The molecule has 2 amide bonds. The van der Waals surface area contributed by atoms with Crippen molar-refractivity contribution in [1.82, 2.24) is 14.5 Å². The molecule has 1 saturated heterocycles. The fraction of sp³-hybridized carbons (Fsp3) is 0.438. The predicted octanol–water partition coefficient (Wildman–Crippen LogP) is 2.85. The maximum absolute atomic E-state index is 12.6. The summed E-state index contributed by atoms with van der Waals surface area (Å²) in [6, 6.07) is 0.00474. The number of likely N-dealkylation sites (tertiary alicyclic amines) is 1. The Hall–Kier alpha value is -2.35. The standard InChI is InChI=1S/C16H20N4O3S/c1-11-3-5-19(7-14(11)20-6-4-17-10-20)16(22)18-13-9-24-8-12(13)15(21)23-2/h4,6,8-11,14H,3,5,7H2,1-2H3,(H,18,22). The number of anilines is 1. The van der Waals surface area contributed by atoms with Gasteiger partial charge in [-0.3, -0.25) is 0 Å². The first-order valence-corrected chi connectivity index (χ1v) is 8.72. The van der Waals surface area contributed by atoms with Crippen LogP contribution in [0.2, 0.25) is 0 Å². The van der Waals surface area contributed by atoms with Gasteiger partial charge >= 0.3 is 12.0 Å². The van der Waals surface area contributed by atoms with Gasteiger partial charge in [-0.05, 0) is 12.3 Å². The fourth-order valence-electron chi connectivity index (χ4n) is 2.94. The monoisotopic (exact) mass is 348 g/mol. The Morgan fingerprint density at radius 3 is 2.96 bits per heavy atom. The molecule has 0 aliphatic carbocycles. The topological polar surface area (TPSA) is 76.5 Å². The molecule has 24 heavy (non-hydrogen) atoms. The number of aromatic nitrogens is 2. The predicted molar refractivity (Wildman–Crippen MR) is 91.3 cm³/mol. The summed E-state index contributed by atoms with van der Waals surface area (Å²) in [5, 5.41) is 6.24. The Bertz CT molecular complexity index is 713. The van der Waals surface area contributed by atoms with Gasteiger partial charge in [-0.2, -0.15) is 0 Å². The second-order valence-electron chi connectivity index (χ2n) is 5.91. The molecule has 0 bridgehead atoms. The summed E-state index contributed by atoms with van der Waals surface area (Å²) in [5.74, 6) is 0.0186. The smallest absolute Gasteiger partial charge is 0.340 e. The van der Waals surface area contributed by atoms with Crippen LogP contribution in [0.25, 0.3) is 0 Å². The van der Waals surface area contributed by atoms with Crippen molar-refractivity contribution in [3.8, 4) is 0 Å². The van der Waals surface area contributed by atoms with Crippen LogP contribution >= 0.6 is 11.3 Å². The van der Waals surface area contributed by atoms with Crippen molar-refractivity contribution in [2.75, 3.05) is 25.5 Å². The number of piperidine rings is 1. The number of hydrogen-bond acceptors (Lipinski definition) is 5. The molecule has 0 spiro atoms. The molecule has 3 rings (SSSR count). The highest BCUT2D eigenvalue weighted by atomic mass is 32.1. The Balaban J connectivity index is 1.69. The third-order valence-corrected chi connectivity index (χ3v) is 5.17. The minimum atomic E-state index is -0.449. The first-order valence-electron chi connectivity index (χ1n) is 7.78. The number of carbonyl (C=O) groups is 2. The molecule has 2 atom stereocenters. The van der Waals surface area contributed by atoms with Crippen molar-refractivity contribution in [3.63, 3.8) is 0 Å². The Kier molecular flexibility index (Phi) is 4.84. The number of thiophene rings is 1. The third-order valence-electron chi connectivity index (χ3n) is 4.42. The highest BCUT2D eigenvalue weighted by molar-refractivity contribution is 7.08. The summed E-state index contributed by atoms with van der Waals surface area (Å²) in [6.45, 7) is 3.49. The van der Waals surface area contributed by atoms with Crippen molar-refractivity contribution < 1.29 is 14.3 Å². The highest BCUT2D eigenvalue weighted by Crippen LogP contribution is 2.28. The van der Waals surface area contributed by atoms with Crippen molar-refractivity contribution in [2.24, 2.45) is 5.92 Å². The Morgan fingerprint density at radius 2 is 2.25 bits per heavy atom. The number of nitrogens with zero attached hydrogens (tertiary/aromatic N) is 3. The molecule has 8 heteroatoms. The molecule has 2 aromatic rings. The summed E-state index contributed by atoms with van der Waals surface area (Å²) >= 11 is 1.35. The van der Waals surface area contributed by atoms with Gasteiger partial charge in [0.25, 0.3) is 0 Å². The number of carbonyl (C=O) groups excluding carboxylic acids is 2. The van der Waals surface area contributed by atoms with E-state index in [2.05, 4.69) is 21.8 Å². The SMILES string of the molecule is COC(=O)c1cscc1NC(=O)N1CCC(C)C(n2ccnc2)C1. The normalized spacial score (nSPS) is 20.7. The minimum absolute atomic E-state index is 0.199. The quantitative estimate of drug-likeness (QED) is 0.866. The zero-order valence-electron chi connectivity index (χ0n) is 13.6. The van der Waals surface area contributed by atoms with Crippen LogP contribution in [0.3, 0.4) is 0 Å². The van der Waals surface area contributed by atoms with E-state index < -0.39 is 5.97 Å². The molecular weight excluding hydrogens is 328 g/mol. The van der Waals surface area contributed by atoms with E-state index in [0.29, 0.717) is 30.3 Å². The average molecular weight is 348 g/mol. The molecule has 2 unspecified atom stereocenters. The van der Waals surface area contributed by atoms with Gasteiger partial charge in [0, 0.05) is 36.2 Å². The second kappa shape index (κ2) is 7.04. The zero-order valence-corrected chi connectivity index (χ0v) is 14.5. The van der Waals surface area contributed by atoms with Gasteiger partial charge in [-0.15, -0.1) is 11.3 Å². The van der Waals surface area contributed by atoms with E-state index in [1.807, 2.05) is 6.20 Å². The van der Waals surface area contributed by atoms with E-state index in [-0.39, 0.29) is 12.1 Å². The third kappa shape index (κ3) is 3.28. The number of urea groups is 1. The van der Waals surface area contributed by atoms with Crippen LogP contribution in [0.1, 0.15) is 29.7 Å². The lowest BCUT2D eigenvalue weighted by Gasteiger charge is -2.37. The maximum Gasteiger partial charge on any atom is 0.340 e. The molecule has 1 N–H and O–H groups in total. The van der Waals surface area contributed by atoms with Crippen LogP contribution in [-0.2, 0) is 4.74 Å². The largest absolute Gasteiger partial charge is 0.465 e. The van der Waals surface area contributed by atoms with Gasteiger partial charge in [0.2, 0.25) is 0 Å². The number of hydrogen-bond donors (Lipinski definition) is 1. The van der Waals surface area contributed by atoms with E-state index in [1.54, 1.807) is 28.2 Å². The molecule has 1 aliphatic rings. The van der Waals surface area contributed by atoms with Crippen LogP contribution < -0.4 is 5.32 Å². The second-order valence-corrected chi connectivity index (χ2v) is 6.65. The van der Waals surface area contributed by atoms with Gasteiger partial charge in [-0.1, -0.05) is 6.92 Å². The lowest BCUT2D eigenvalue weighted by Crippen LogP contribution is -2.45. The summed E-state index contributed by atoms with van der Waals surface area (Å²) in [7, 11) is 1.33. The van der Waals surface area contributed by atoms with Crippen LogP contribution in [0.4, 0.5) is 10.5 Å². The number of rotatable bonds is 3. The van der Waals surface area contributed by atoms with Gasteiger partial charge in [0.15, 0.2) is 0 Å². The lowest BCUT2D eigenvalue weighted by atomic mass is 9.93. The van der Waals surface area contributed by atoms with E-state index in [9.17, 15) is 9.59 Å². The van der Waals surface area contributed by atoms with Crippen LogP contribution in [0.15, 0.2) is 29.5 Å². The molecule has 128 valence electrons. The van der Waals surface area contributed by atoms with E-state index in [4.69, 9.17) is 4.74 Å². The summed E-state index contributed by atoms with van der Waals surface area (Å²) in [4.78, 5) is 30.2. The zero-order chi connectivity index (χ0) is 17.1. The van der Waals surface area contributed by atoms with Gasteiger partial charge < -0.3 is 19.5 Å². The highest BCUT2D eigenvalue weighted by Gasteiger charge is 2.30. The maximum atomic E-state index is 12.6. The first-order chi connectivity index (χ1) is 11.6. The number of nitrogens with one attached hydrogen (secondary N) is 1. The van der Waals surface area contributed by atoms with Crippen molar-refractivity contribution in [1.29, 1.82) is 0 Å². The molecule has 3 heterocycles. The molecule has 7 nitrogen and oxygen atoms in total. The average Bonchev–Trinajstić information content (AvgIpc) is 3.26. The summed E-state index contributed by atoms with van der Waals surface area (Å²) in [5.41, 5.74) is 0.877. The molecular formula is C16H20N4O3S. The van der Waals surface area contributed by atoms with Crippen molar-refractivity contribution in [3.05, 3.63) is 35.0 Å². The Morgan fingerprint density at radius 1 is 1.42 bits per heavy atom. The van der Waals surface area contributed by atoms with E-state index in [0.717, 1.165) is 6.42 Å². The number of amides is 2. The summed E-state index contributed by atoms with van der Waals surface area (Å²) < 4.78 is 6.79. The summed E-state index contributed by atoms with van der Waals surface area (Å²) in [6.07, 6.45) is 6.39. The molecule has 1 fully saturated rings. The van der Waals surface area contributed by atoms with Gasteiger partial charge in [0.05, 0.1) is 30.7 Å². The lowest BCUT2D eigenvalue weighted by molar-refractivity contribution is 0.0602.